The molecular weight excluding hydrogens is 378 g/mol. The summed E-state index contributed by atoms with van der Waals surface area (Å²) in [5.74, 6) is -2.42. The third-order valence-corrected chi connectivity index (χ3v) is 7.02. The molecule has 1 aliphatic heterocycles. The summed E-state index contributed by atoms with van der Waals surface area (Å²) in [7, 11) is -3.93. The van der Waals surface area contributed by atoms with Crippen LogP contribution in [0.2, 0.25) is 0 Å². The number of benzene rings is 1. The number of piperazine rings is 1. The van der Waals surface area contributed by atoms with Gasteiger partial charge in [-0.2, -0.15) is 4.31 Å². The molecule has 27 heavy (non-hydrogen) atoms. The summed E-state index contributed by atoms with van der Waals surface area (Å²) in [6.45, 7) is 2.00. The maximum Gasteiger partial charge on any atom is 0.307 e. The van der Waals surface area contributed by atoms with Gasteiger partial charge in [0, 0.05) is 38.3 Å². The van der Waals surface area contributed by atoms with E-state index in [2.05, 4.69) is 0 Å². The number of hydrogen-bond donors (Lipinski definition) is 1. The van der Waals surface area contributed by atoms with Gasteiger partial charge in [-0.15, -0.1) is 0 Å². The highest BCUT2D eigenvalue weighted by molar-refractivity contribution is 7.89. The quantitative estimate of drug-likeness (QED) is 0.562. The van der Waals surface area contributed by atoms with Crippen molar-refractivity contribution in [2.75, 3.05) is 26.2 Å². The average molecular weight is 397 g/mol. The number of non-ortho nitro benzene ring substituents is 1. The maximum atomic E-state index is 12.9. The third kappa shape index (κ3) is 3.65. The number of aliphatic carboxylic acids is 1. The Morgan fingerprint density at radius 1 is 1.19 bits per heavy atom. The van der Waals surface area contributed by atoms with Gasteiger partial charge in [-0.3, -0.25) is 19.7 Å². The zero-order valence-electron chi connectivity index (χ0n) is 14.6. The molecule has 146 valence electrons. The molecule has 1 aliphatic carbocycles. The molecule has 11 heteroatoms. The Hall–Kier alpha value is -2.53. The van der Waals surface area contributed by atoms with Crippen molar-refractivity contribution < 1.29 is 28.0 Å². The number of aryl methyl sites for hydroxylation is 1. The van der Waals surface area contributed by atoms with Crippen LogP contribution in [0.1, 0.15) is 12.0 Å². The van der Waals surface area contributed by atoms with Gasteiger partial charge in [0.1, 0.15) is 0 Å². The highest BCUT2D eigenvalue weighted by atomic mass is 32.2. The lowest BCUT2D eigenvalue weighted by Gasteiger charge is -2.34. The number of rotatable bonds is 5. The van der Waals surface area contributed by atoms with Crippen molar-refractivity contribution in [1.29, 1.82) is 0 Å². The van der Waals surface area contributed by atoms with E-state index in [9.17, 15) is 28.1 Å². The maximum absolute atomic E-state index is 12.9. The first-order valence-corrected chi connectivity index (χ1v) is 9.83. The van der Waals surface area contributed by atoms with Crippen LogP contribution in [-0.4, -0.2) is 65.7 Å². The molecule has 1 saturated carbocycles. The molecule has 1 aromatic rings. The number of amides is 1. The van der Waals surface area contributed by atoms with E-state index in [0.717, 1.165) is 6.07 Å². The van der Waals surface area contributed by atoms with Gasteiger partial charge < -0.3 is 10.0 Å². The van der Waals surface area contributed by atoms with Gasteiger partial charge in [-0.25, -0.2) is 8.42 Å². The van der Waals surface area contributed by atoms with E-state index in [4.69, 9.17) is 5.11 Å². The summed E-state index contributed by atoms with van der Waals surface area (Å²) in [5, 5.41) is 19.9. The largest absolute Gasteiger partial charge is 0.481 e. The van der Waals surface area contributed by atoms with Crippen LogP contribution in [0.5, 0.6) is 0 Å². The number of carboxylic acid groups (broad SMARTS) is 1. The minimum atomic E-state index is -3.93. The fourth-order valence-corrected chi connectivity index (χ4v) is 4.91. The van der Waals surface area contributed by atoms with Crippen LogP contribution in [0.3, 0.4) is 0 Å². The third-order valence-electron chi connectivity index (χ3n) is 4.98. The number of nitro groups is 1. The predicted octanol–water partition coefficient (Wildman–Crippen LogP) is 0.457. The Bertz CT molecular complexity index is 907. The minimum absolute atomic E-state index is 0.0562. The molecule has 2 unspecified atom stereocenters. The van der Waals surface area contributed by atoms with Gasteiger partial charge in [-0.1, -0.05) is 6.07 Å². The lowest BCUT2D eigenvalue weighted by atomic mass is 10.2. The number of nitro benzene ring substituents is 1. The van der Waals surface area contributed by atoms with E-state index in [0.29, 0.717) is 12.0 Å². The lowest BCUT2D eigenvalue weighted by molar-refractivity contribution is -0.385. The van der Waals surface area contributed by atoms with Gasteiger partial charge in [-0.05, 0) is 18.9 Å². The van der Waals surface area contributed by atoms with Crippen LogP contribution in [-0.2, 0) is 19.6 Å². The molecular formula is C16H19N3O7S. The second-order valence-corrected chi connectivity index (χ2v) is 8.63. The highest BCUT2D eigenvalue weighted by Gasteiger charge is 2.50. The molecule has 2 atom stereocenters. The fourth-order valence-electron chi connectivity index (χ4n) is 3.24. The van der Waals surface area contributed by atoms with Crippen molar-refractivity contribution in [3.8, 4) is 0 Å². The standard InChI is InChI=1S/C16H19N3O7S/c1-10-2-3-11(19(23)24)8-14(10)27(25,26)18-6-4-17(5-7-18)15(20)12-9-13(12)16(21)22/h2-3,8,12-13H,4-7,9H2,1H3,(H,21,22). The first-order valence-electron chi connectivity index (χ1n) is 8.39. The van der Waals surface area contributed by atoms with Crippen LogP contribution < -0.4 is 0 Å². The summed E-state index contributed by atoms with van der Waals surface area (Å²) < 4.78 is 26.9. The molecule has 1 aromatic carbocycles. The van der Waals surface area contributed by atoms with Crippen molar-refractivity contribution in [3.63, 3.8) is 0 Å². The van der Waals surface area contributed by atoms with Gasteiger partial charge in [0.25, 0.3) is 5.69 Å². The summed E-state index contributed by atoms with van der Waals surface area (Å²) in [4.78, 5) is 34.9. The zero-order chi connectivity index (χ0) is 19.9. The SMILES string of the molecule is Cc1ccc([N+](=O)[O-])cc1S(=O)(=O)N1CCN(C(=O)C2CC2C(=O)O)CC1. The number of carboxylic acids is 1. The van der Waals surface area contributed by atoms with Crippen molar-refractivity contribution in [2.45, 2.75) is 18.2 Å². The van der Waals surface area contributed by atoms with E-state index < -0.39 is 32.8 Å². The molecule has 0 radical (unpaired) electrons. The van der Waals surface area contributed by atoms with Crippen molar-refractivity contribution >= 4 is 27.6 Å². The van der Waals surface area contributed by atoms with Crippen LogP contribution >= 0.6 is 0 Å². The van der Waals surface area contributed by atoms with E-state index in [1.165, 1.54) is 21.3 Å². The van der Waals surface area contributed by atoms with Gasteiger partial charge >= 0.3 is 5.97 Å². The molecule has 2 fully saturated rings. The van der Waals surface area contributed by atoms with Crippen LogP contribution in [0, 0.1) is 28.9 Å². The van der Waals surface area contributed by atoms with E-state index >= 15 is 0 Å². The Labute approximate surface area is 155 Å². The summed E-state index contributed by atoms with van der Waals surface area (Å²) in [6.07, 6.45) is 0.319. The molecule has 10 nitrogen and oxygen atoms in total. The van der Waals surface area contributed by atoms with Crippen molar-refractivity contribution in [2.24, 2.45) is 11.8 Å². The number of hydrogen-bond acceptors (Lipinski definition) is 6. The number of nitrogens with zero attached hydrogens (tertiary/aromatic N) is 3. The van der Waals surface area contributed by atoms with Crippen LogP contribution in [0.25, 0.3) is 0 Å². The monoisotopic (exact) mass is 397 g/mol. The zero-order valence-corrected chi connectivity index (χ0v) is 15.4. The Balaban J connectivity index is 1.70. The van der Waals surface area contributed by atoms with Gasteiger partial charge in [0.05, 0.1) is 21.7 Å². The second kappa shape index (κ2) is 6.89. The first kappa shape index (κ1) is 19.2. The fraction of sp³-hybridized carbons (Fsp3) is 0.500. The molecule has 2 aliphatic rings. The van der Waals surface area contributed by atoms with Crippen molar-refractivity contribution in [3.05, 3.63) is 33.9 Å². The average Bonchev–Trinajstić information content (AvgIpc) is 3.42. The molecule has 1 heterocycles. The smallest absolute Gasteiger partial charge is 0.307 e. The van der Waals surface area contributed by atoms with E-state index in [1.807, 2.05) is 0 Å². The summed E-state index contributed by atoms with van der Waals surface area (Å²) in [5.41, 5.74) is 0.0998. The minimum Gasteiger partial charge on any atom is -0.481 e. The molecule has 0 spiro atoms. The molecule has 0 aromatic heterocycles. The molecule has 1 saturated heterocycles. The highest BCUT2D eigenvalue weighted by Crippen LogP contribution is 2.40. The number of carbonyl (C=O) groups is 2. The molecule has 1 N–H and O–H groups in total. The Morgan fingerprint density at radius 2 is 1.81 bits per heavy atom. The van der Waals surface area contributed by atoms with E-state index in [1.54, 1.807) is 6.92 Å². The Morgan fingerprint density at radius 3 is 2.33 bits per heavy atom. The number of carbonyl (C=O) groups excluding carboxylic acids is 1. The first-order chi connectivity index (χ1) is 12.6. The summed E-state index contributed by atoms with van der Waals surface area (Å²) >= 11 is 0. The van der Waals surface area contributed by atoms with Gasteiger partial charge in [0.15, 0.2) is 0 Å². The Kier molecular flexibility index (Phi) is 4.91. The van der Waals surface area contributed by atoms with Gasteiger partial charge in [0.2, 0.25) is 15.9 Å². The van der Waals surface area contributed by atoms with Crippen molar-refractivity contribution in [1.82, 2.24) is 9.21 Å². The lowest BCUT2D eigenvalue weighted by Crippen LogP contribution is -2.51. The molecule has 0 bridgehead atoms. The molecule has 1 amide bonds. The topological polar surface area (TPSA) is 138 Å². The van der Waals surface area contributed by atoms with Crippen LogP contribution in [0.4, 0.5) is 5.69 Å². The van der Waals surface area contributed by atoms with E-state index in [-0.39, 0.29) is 42.7 Å². The van der Waals surface area contributed by atoms with Crippen LogP contribution in [0.15, 0.2) is 23.1 Å². The second-order valence-electron chi connectivity index (χ2n) is 6.72. The molecule has 3 rings (SSSR count). The number of sulfonamides is 1. The summed E-state index contributed by atoms with van der Waals surface area (Å²) in [6, 6.07) is 3.69. The predicted molar refractivity (Wildman–Crippen MR) is 92.4 cm³/mol. The normalized spacial score (nSPS) is 23.1.